The van der Waals surface area contributed by atoms with Gasteiger partial charge in [0.2, 0.25) is 0 Å². The lowest BCUT2D eigenvalue weighted by atomic mass is 9.80. The van der Waals surface area contributed by atoms with E-state index >= 15 is 0 Å². The molecule has 112 valence electrons. The van der Waals surface area contributed by atoms with Gasteiger partial charge in [0, 0.05) is 12.1 Å². The molecule has 0 spiro atoms. The molecule has 3 atom stereocenters. The van der Waals surface area contributed by atoms with Crippen molar-refractivity contribution in [3.8, 4) is 11.5 Å². The summed E-state index contributed by atoms with van der Waals surface area (Å²) >= 11 is 0. The van der Waals surface area contributed by atoms with Crippen LogP contribution in [0, 0.1) is 11.8 Å². The summed E-state index contributed by atoms with van der Waals surface area (Å²) in [6.45, 7) is 5.48. The molecule has 0 aliphatic heterocycles. The quantitative estimate of drug-likeness (QED) is 0.891. The van der Waals surface area contributed by atoms with E-state index in [1.165, 1.54) is 6.42 Å². The molecule has 2 rings (SSSR count). The first-order chi connectivity index (χ1) is 9.63. The van der Waals surface area contributed by atoms with Crippen molar-refractivity contribution >= 4 is 0 Å². The molecule has 0 radical (unpaired) electrons. The lowest BCUT2D eigenvalue weighted by Gasteiger charge is -2.32. The average Bonchev–Trinajstić information content (AvgIpc) is 2.45. The minimum absolute atomic E-state index is 0.352. The Morgan fingerprint density at radius 2 is 2.00 bits per heavy atom. The van der Waals surface area contributed by atoms with Crippen molar-refractivity contribution in [2.45, 2.75) is 45.8 Å². The molecule has 0 aromatic heterocycles. The van der Waals surface area contributed by atoms with Crippen LogP contribution in [0.4, 0.5) is 0 Å². The van der Waals surface area contributed by atoms with E-state index in [9.17, 15) is 0 Å². The highest BCUT2D eigenvalue weighted by molar-refractivity contribution is 5.40. The molecule has 1 aliphatic rings. The van der Waals surface area contributed by atoms with Gasteiger partial charge in [-0.25, -0.2) is 0 Å². The van der Waals surface area contributed by atoms with Crippen molar-refractivity contribution in [2.24, 2.45) is 11.8 Å². The van der Waals surface area contributed by atoms with Gasteiger partial charge < -0.3 is 14.8 Å². The highest BCUT2D eigenvalue weighted by Crippen LogP contribution is 2.33. The largest absolute Gasteiger partial charge is 0.497 e. The number of benzene rings is 1. The fraction of sp³-hybridized carbons (Fsp3) is 0.647. The molecular formula is C17H27NO2. The van der Waals surface area contributed by atoms with Crippen molar-refractivity contribution in [3.05, 3.63) is 23.8 Å². The Balaban J connectivity index is 2.08. The number of rotatable bonds is 5. The average molecular weight is 277 g/mol. The maximum absolute atomic E-state index is 6.26. The molecular weight excluding hydrogens is 250 g/mol. The minimum Gasteiger partial charge on any atom is -0.497 e. The predicted octanol–water partition coefficient (Wildman–Crippen LogP) is 3.62. The van der Waals surface area contributed by atoms with E-state index in [2.05, 4.69) is 25.2 Å². The van der Waals surface area contributed by atoms with Crippen LogP contribution < -0.4 is 14.8 Å². The highest BCUT2D eigenvalue weighted by atomic mass is 16.5. The highest BCUT2D eigenvalue weighted by Gasteiger charge is 2.26. The zero-order chi connectivity index (χ0) is 14.5. The summed E-state index contributed by atoms with van der Waals surface area (Å²) in [6, 6.07) is 6.07. The molecule has 3 heteroatoms. The number of nitrogens with one attached hydrogen (secondary N) is 1. The smallest absolute Gasteiger partial charge is 0.124 e. The first-order valence-electron chi connectivity index (χ1n) is 7.62. The van der Waals surface area contributed by atoms with Gasteiger partial charge in [0.25, 0.3) is 0 Å². The van der Waals surface area contributed by atoms with Gasteiger partial charge in [0.05, 0.1) is 13.2 Å². The van der Waals surface area contributed by atoms with Gasteiger partial charge in [-0.15, -0.1) is 0 Å². The Morgan fingerprint density at radius 1 is 1.20 bits per heavy atom. The minimum atomic E-state index is 0.352. The van der Waals surface area contributed by atoms with Gasteiger partial charge in [-0.3, -0.25) is 0 Å². The SMILES string of the molecule is CNCc1cc(OC)ccc1OC1CCC(C)C(C)C1. The first kappa shape index (κ1) is 15.2. The van der Waals surface area contributed by atoms with E-state index in [-0.39, 0.29) is 0 Å². The van der Waals surface area contributed by atoms with Crippen molar-refractivity contribution in [1.82, 2.24) is 5.32 Å². The van der Waals surface area contributed by atoms with Gasteiger partial charge >= 0.3 is 0 Å². The Labute approximate surface area is 122 Å². The summed E-state index contributed by atoms with van der Waals surface area (Å²) in [5.41, 5.74) is 1.16. The molecule has 0 amide bonds. The standard InChI is InChI=1S/C17H27NO2/c1-12-5-6-16(9-13(12)2)20-17-8-7-15(19-4)10-14(17)11-18-3/h7-8,10,12-13,16,18H,5-6,9,11H2,1-4H3. The third kappa shape index (κ3) is 3.66. The van der Waals surface area contributed by atoms with E-state index < -0.39 is 0 Å². The fourth-order valence-electron chi connectivity index (χ4n) is 2.91. The van der Waals surface area contributed by atoms with Crippen molar-refractivity contribution in [2.75, 3.05) is 14.2 Å². The van der Waals surface area contributed by atoms with Gasteiger partial charge in [-0.2, -0.15) is 0 Å². The van der Waals surface area contributed by atoms with Gasteiger partial charge in [0.1, 0.15) is 11.5 Å². The zero-order valence-electron chi connectivity index (χ0n) is 13.1. The van der Waals surface area contributed by atoms with Crippen LogP contribution in [-0.2, 0) is 6.54 Å². The number of hydrogen-bond donors (Lipinski definition) is 1. The Bertz CT molecular complexity index is 433. The van der Waals surface area contributed by atoms with Crippen LogP contribution in [0.3, 0.4) is 0 Å². The third-order valence-electron chi connectivity index (χ3n) is 4.48. The summed E-state index contributed by atoms with van der Waals surface area (Å²) in [4.78, 5) is 0. The molecule has 0 saturated heterocycles. The van der Waals surface area contributed by atoms with Gasteiger partial charge in [-0.1, -0.05) is 13.8 Å². The molecule has 0 heterocycles. The lowest BCUT2D eigenvalue weighted by Crippen LogP contribution is -2.29. The number of hydrogen-bond acceptors (Lipinski definition) is 3. The van der Waals surface area contributed by atoms with E-state index in [1.807, 2.05) is 19.2 Å². The van der Waals surface area contributed by atoms with Crippen molar-refractivity contribution < 1.29 is 9.47 Å². The number of methoxy groups -OCH3 is 1. The van der Waals surface area contributed by atoms with Crippen molar-refractivity contribution in [1.29, 1.82) is 0 Å². The van der Waals surface area contributed by atoms with Crippen LogP contribution in [0.2, 0.25) is 0 Å². The summed E-state index contributed by atoms with van der Waals surface area (Å²) < 4.78 is 11.6. The molecule has 3 unspecified atom stereocenters. The third-order valence-corrected chi connectivity index (χ3v) is 4.48. The molecule has 20 heavy (non-hydrogen) atoms. The van der Waals surface area contributed by atoms with Crippen LogP contribution in [0.5, 0.6) is 11.5 Å². The second-order valence-corrected chi connectivity index (χ2v) is 6.01. The Morgan fingerprint density at radius 3 is 2.65 bits per heavy atom. The molecule has 1 saturated carbocycles. The molecule has 1 N–H and O–H groups in total. The molecule has 1 aromatic carbocycles. The van der Waals surface area contributed by atoms with E-state index in [1.54, 1.807) is 7.11 Å². The van der Waals surface area contributed by atoms with Gasteiger partial charge in [0.15, 0.2) is 0 Å². The van der Waals surface area contributed by atoms with Crippen molar-refractivity contribution in [3.63, 3.8) is 0 Å². The summed E-state index contributed by atoms with van der Waals surface area (Å²) in [6.07, 6.45) is 3.94. The maximum Gasteiger partial charge on any atom is 0.124 e. The predicted molar refractivity (Wildman–Crippen MR) is 82.4 cm³/mol. The van der Waals surface area contributed by atoms with Crippen LogP contribution >= 0.6 is 0 Å². The molecule has 1 fully saturated rings. The molecule has 0 bridgehead atoms. The number of ether oxygens (including phenoxy) is 2. The Kier molecular flexibility index (Phi) is 5.30. The monoisotopic (exact) mass is 277 g/mol. The van der Waals surface area contributed by atoms with E-state index in [0.717, 1.165) is 48.3 Å². The first-order valence-corrected chi connectivity index (χ1v) is 7.62. The maximum atomic E-state index is 6.26. The Hall–Kier alpha value is -1.22. The normalized spacial score (nSPS) is 26.3. The molecule has 3 nitrogen and oxygen atoms in total. The van der Waals surface area contributed by atoms with E-state index in [4.69, 9.17) is 9.47 Å². The summed E-state index contributed by atoms with van der Waals surface area (Å²) in [5, 5.41) is 3.19. The molecule has 1 aromatic rings. The van der Waals surface area contributed by atoms with Crippen LogP contribution in [-0.4, -0.2) is 20.3 Å². The van der Waals surface area contributed by atoms with Gasteiger partial charge in [-0.05, 0) is 56.3 Å². The van der Waals surface area contributed by atoms with Crippen LogP contribution in [0.1, 0.15) is 38.7 Å². The zero-order valence-corrected chi connectivity index (χ0v) is 13.1. The fourth-order valence-corrected chi connectivity index (χ4v) is 2.91. The van der Waals surface area contributed by atoms with Crippen LogP contribution in [0.25, 0.3) is 0 Å². The topological polar surface area (TPSA) is 30.5 Å². The summed E-state index contributed by atoms with van der Waals surface area (Å²) in [5.74, 6) is 3.45. The lowest BCUT2D eigenvalue weighted by molar-refractivity contribution is 0.0995. The molecule has 1 aliphatic carbocycles. The summed E-state index contributed by atoms with van der Waals surface area (Å²) in [7, 11) is 3.65. The second-order valence-electron chi connectivity index (χ2n) is 6.01. The second kappa shape index (κ2) is 6.98. The van der Waals surface area contributed by atoms with Crippen LogP contribution in [0.15, 0.2) is 18.2 Å². The van der Waals surface area contributed by atoms with E-state index in [0.29, 0.717) is 6.10 Å².